The van der Waals surface area contributed by atoms with Crippen LogP contribution in [0.2, 0.25) is 0 Å². The molecule has 0 radical (unpaired) electrons. The van der Waals surface area contributed by atoms with E-state index < -0.39 is 6.10 Å². The van der Waals surface area contributed by atoms with Gasteiger partial charge < -0.3 is 9.84 Å². The average Bonchev–Trinajstić information content (AvgIpc) is 2.81. The Hall–Kier alpha value is -1.32. The van der Waals surface area contributed by atoms with E-state index in [1.54, 1.807) is 18.4 Å². The Balaban J connectivity index is 2.29. The lowest BCUT2D eigenvalue weighted by molar-refractivity contribution is 0.223. The summed E-state index contributed by atoms with van der Waals surface area (Å²) in [4.78, 5) is 0.947. The van der Waals surface area contributed by atoms with Gasteiger partial charge in [-0.1, -0.05) is 18.2 Å². The Labute approximate surface area is 92.8 Å². The van der Waals surface area contributed by atoms with Crippen LogP contribution in [0.25, 0.3) is 0 Å². The zero-order chi connectivity index (χ0) is 10.7. The fourth-order valence-corrected chi connectivity index (χ4v) is 2.16. The van der Waals surface area contributed by atoms with E-state index in [4.69, 9.17) is 4.74 Å². The highest BCUT2D eigenvalue weighted by atomic mass is 32.1. The lowest BCUT2D eigenvalue weighted by Crippen LogP contribution is -1.97. The van der Waals surface area contributed by atoms with Gasteiger partial charge in [0.1, 0.15) is 11.9 Å². The third-order valence-electron chi connectivity index (χ3n) is 2.22. The lowest BCUT2D eigenvalue weighted by Gasteiger charge is -2.09. The van der Waals surface area contributed by atoms with Gasteiger partial charge in [-0.25, -0.2) is 0 Å². The third kappa shape index (κ3) is 2.19. The van der Waals surface area contributed by atoms with Crippen LogP contribution in [-0.4, -0.2) is 12.2 Å². The minimum atomic E-state index is -0.555. The molecule has 0 saturated carbocycles. The van der Waals surface area contributed by atoms with Crippen LogP contribution in [0.4, 0.5) is 0 Å². The van der Waals surface area contributed by atoms with Gasteiger partial charge in [0.15, 0.2) is 0 Å². The Morgan fingerprint density at radius 1 is 1.27 bits per heavy atom. The zero-order valence-electron chi connectivity index (χ0n) is 8.38. The Bertz CT molecular complexity index is 423. The number of aliphatic hydroxyl groups is 1. The van der Waals surface area contributed by atoms with Crippen LogP contribution in [0.3, 0.4) is 0 Å². The van der Waals surface area contributed by atoms with Crippen LogP contribution in [0.1, 0.15) is 16.5 Å². The highest BCUT2D eigenvalue weighted by Crippen LogP contribution is 2.27. The van der Waals surface area contributed by atoms with Crippen LogP contribution in [0.5, 0.6) is 5.75 Å². The molecule has 0 aliphatic rings. The summed E-state index contributed by atoms with van der Waals surface area (Å²) in [6.07, 6.45) is -0.555. The molecule has 0 saturated heterocycles. The van der Waals surface area contributed by atoms with Crippen molar-refractivity contribution in [3.63, 3.8) is 0 Å². The molecular formula is C12H12O2S. The van der Waals surface area contributed by atoms with E-state index in [0.29, 0.717) is 0 Å². The van der Waals surface area contributed by atoms with Gasteiger partial charge in [0.25, 0.3) is 0 Å². The molecule has 1 atom stereocenters. The van der Waals surface area contributed by atoms with Crippen LogP contribution >= 0.6 is 11.3 Å². The molecule has 0 bridgehead atoms. The second-order valence-corrected chi connectivity index (χ2v) is 4.17. The van der Waals surface area contributed by atoms with Crippen molar-refractivity contribution >= 4 is 11.3 Å². The minimum Gasteiger partial charge on any atom is -0.497 e. The number of hydrogen-bond donors (Lipinski definition) is 1. The van der Waals surface area contributed by atoms with Crippen molar-refractivity contribution in [1.29, 1.82) is 0 Å². The summed E-state index contributed by atoms with van der Waals surface area (Å²) in [6.45, 7) is 0. The number of rotatable bonds is 3. The maximum absolute atomic E-state index is 10.1. The second kappa shape index (κ2) is 4.47. The first kappa shape index (κ1) is 10.2. The number of benzene rings is 1. The molecule has 0 fully saturated rings. The van der Waals surface area contributed by atoms with Gasteiger partial charge in [0.05, 0.1) is 7.11 Å². The minimum absolute atomic E-state index is 0.555. The fraction of sp³-hybridized carbons (Fsp3) is 0.167. The first-order chi connectivity index (χ1) is 7.31. The third-order valence-corrected chi connectivity index (χ3v) is 3.15. The van der Waals surface area contributed by atoms with Gasteiger partial charge in [0, 0.05) is 4.88 Å². The van der Waals surface area contributed by atoms with Gasteiger partial charge in [-0.3, -0.25) is 0 Å². The van der Waals surface area contributed by atoms with E-state index in [1.165, 1.54) is 0 Å². The Morgan fingerprint density at radius 3 is 2.80 bits per heavy atom. The predicted molar refractivity (Wildman–Crippen MR) is 61.4 cm³/mol. The van der Waals surface area contributed by atoms with Crippen molar-refractivity contribution in [3.05, 3.63) is 52.2 Å². The summed E-state index contributed by atoms with van der Waals surface area (Å²) >= 11 is 1.55. The highest BCUT2D eigenvalue weighted by Gasteiger charge is 2.11. The molecule has 0 amide bonds. The number of ether oxygens (including phenoxy) is 1. The Morgan fingerprint density at radius 2 is 2.13 bits per heavy atom. The number of hydrogen-bond acceptors (Lipinski definition) is 3. The molecule has 1 unspecified atom stereocenters. The standard InChI is InChI=1S/C12H12O2S/c1-14-10-5-2-4-9(8-10)12(13)11-6-3-7-15-11/h2-8,12-13H,1H3. The summed E-state index contributed by atoms with van der Waals surface area (Å²) in [7, 11) is 1.62. The Kier molecular flexibility index (Phi) is 3.04. The number of thiophene rings is 1. The molecule has 15 heavy (non-hydrogen) atoms. The van der Waals surface area contributed by atoms with E-state index >= 15 is 0 Å². The number of methoxy groups -OCH3 is 1. The van der Waals surface area contributed by atoms with Crippen LogP contribution in [0, 0.1) is 0 Å². The van der Waals surface area contributed by atoms with Crippen LogP contribution in [-0.2, 0) is 0 Å². The van der Waals surface area contributed by atoms with Crippen molar-refractivity contribution in [2.45, 2.75) is 6.10 Å². The average molecular weight is 220 g/mol. The summed E-state index contributed by atoms with van der Waals surface area (Å²) in [5, 5.41) is 12.0. The first-order valence-electron chi connectivity index (χ1n) is 4.66. The van der Waals surface area contributed by atoms with E-state index in [9.17, 15) is 5.11 Å². The summed E-state index contributed by atoms with van der Waals surface area (Å²) in [5.41, 5.74) is 0.858. The molecule has 0 aliphatic heterocycles. The van der Waals surface area contributed by atoms with E-state index in [0.717, 1.165) is 16.2 Å². The summed E-state index contributed by atoms with van der Waals surface area (Å²) < 4.78 is 5.11. The zero-order valence-corrected chi connectivity index (χ0v) is 9.20. The predicted octanol–water partition coefficient (Wildman–Crippen LogP) is 2.84. The van der Waals surface area contributed by atoms with Crippen molar-refractivity contribution in [1.82, 2.24) is 0 Å². The van der Waals surface area contributed by atoms with Crippen molar-refractivity contribution in [2.24, 2.45) is 0 Å². The highest BCUT2D eigenvalue weighted by molar-refractivity contribution is 7.10. The molecule has 2 rings (SSSR count). The number of aliphatic hydroxyl groups excluding tert-OH is 1. The van der Waals surface area contributed by atoms with Crippen molar-refractivity contribution in [2.75, 3.05) is 7.11 Å². The molecule has 78 valence electrons. The molecule has 1 heterocycles. The van der Waals surface area contributed by atoms with Crippen molar-refractivity contribution < 1.29 is 9.84 Å². The molecular weight excluding hydrogens is 208 g/mol. The maximum Gasteiger partial charge on any atom is 0.119 e. The SMILES string of the molecule is COc1cccc(C(O)c2cccs2)c1. The monoisotopic (exact) mass is 220 g/mol. The van der Waals surface area contributed by atoms with E-state index in [-0.39, 0.29) is 0 Å². The van der Waals surface area contributed by atoms with Gasteiger partial charge in [-0.2, -0.15) is 0 Å². The normalized spacial score (nSPS) is 12.4. The largest absolute Gasteiger partial charge is 0.497 e. The van der Waals surface area contributed by atoms with Crippen LogP contribution in [0.15, 0.2) is 41.8 Å². The molecule has 1 N–H and O–H groups in total. The summed E-state index contributed by atoms with van der Waals surface area (Å²) in [5.74, 6) is 0.767. The molecule has 2 nitrogen and oxygen atoms in total. The van der Waals surface area contributed by atoms with Crippen LogP contribution < -0.4 is 4.74 Å². The molecule has 1 aromatic heterocycles. The van der Waals surface area contributed by atoms with E-state index in [2.05, 4.69) is 0 Å². The van der Waals surface area contributed by atoms with E-state index in [1.807, 2.05) is 41.8 Å². The smallest absolute Gasteiger partial charge is 0.119 e. The van der Waals surface area contributed by atoms with Gasteiger partial charge in [-0.15, -0.1) is 11.3 Å². The lowest BCUT2D eigenvalue weighted by atomic mass is 10.1. The fourth-order valence-electron chi connectivity index (χ4n) is 1.42. The second-order valence-electron chi connectivity index (χ2n) is 3.19. The quantitative estimate of drug-likeness (QED) is 0.861. The van der Waals surface area contributed by atoms with Crippen molar-refractivity contribution in [3.8, 4) is 5.75 Å². The first-order valence-corrected chi connectivity index (χ1v) is 5.54. The molecule has 2 aromatic rings. The maximum atomic E-state index is 10.1. The van der Waals surface area contributed by atoms with Gasteiger partial charge >= 0.3 is 0 Å². The van der Waals surface area contributed by atoms with Gasteiger partial charge in [-0.05, 0) is 29.1 Å². The van der Waals surface area contributed by atoms with Gasteiger partial charge in [0.2, 0.25) is 0 Å². The molecule has 0 aliphatic carbocycles. The summed E-state index contributed by atoms with van der Waals surface area (Å²) in [6, 6.07) is 11.4. The molecule has 3 heteroatoms. The molecule has 1 aromatic carbocycles. The molecule has 0 spiro atoms. The topological polar surface area (TPSA) is 29.5 Å².